The van der Waals surface area contributed by atoms with Gasteiger partial charge < -0.3 is 10.2 Å². The van der Waals surface area contributed by atoms with E-state index in [4.69, 9.17) is 23.2 Å². The second-order valence-electron chi connectivity index (χ2n) is 10.0. The molecule has 3 aromatic rings. The van der Waals surface area contributed by atoms with Crippen molar-refractivity contribution in [1.82, 2.24) is 15.1 Å². The van der Waals surface area contributed by atoms with E-state index in [-0.39, 0.29) is 55.6 Å². The van der Waals surface area contributed by atoms with Crippen LogP contribution in [0.1, 0.15) is 58.5 Å². The molecular formula is C31H31Cl2N3O4. The minimum atomic E-state index is -0.800. The van der Waals surface area contributed by atoms with Gasteiger partial charge in [0.05, 0.1) is 21.2 Å². The van der Waals surface area contributed by atoms with Crippen LogP contribution in [-0.2, 0) is 22.6 Å². The van der Waals surface area contributed by atoms with Crippen molar-refractivity contribution in [3.8, 4) is 0 Å². The second-order valence-corrected chi connectivity index (χ2v) is 10.9. The number of halogens is 2. The predicted octanol–water partition coefficient (Wildman–Crippen LogP) is 5.53. The molecule has 4 rings (SSSR count). The number of hydrogen-bond acceptors (Lipinski definition) is 4. The largest absolute Gasteiger partial charge is 0.352 e. The van der Waals surface area contributed by atoms with Crippen molar-refractivity contribution in [3.05, 3.63) is 105 Å². The maximum Gasteiger partial charge on any atom is 0.261 e. The maximum atomic E-state index is 13.8. The molecule has 0 unspecified atom stereocenters. The third kappa shape index (κ3) is 6.90. The lowest BCUT2D eigenvalue weighted by atomic mass is 10.0. The van der Waals surface area contributed by atoms with Crippen LogP contribution in [0.3, 0.4) is 0 Å². The van der Waals surface area contributed by atoms with Crippen molar-refractivity contribution in [3.63, 3.8) is 0 Å². The molecule has 9 heteroatoms. The van der Waals surface area contributed by atoms with E-state index in [0.717, 1.165) is 11.1 Å². The summed E-state index contributed by atoms with van der Waals surface area (Å²) in [6, 6.07) is 20.4. The van der Waals surface area contributed by atoms with E-state index in [1.807, 2.05) is 44.2 Å². The van der Waals surface area contributed by atoms with Gasteiger partial charge in [-0.25, -0.2) is 0 Å². The van der Waals surface area contributed by atoms with Gasteiger partial charge in [-0.3, -0.25) is 24.1 Å². The molecule has 1 atom stereocenters. The molecule has 1 aliphatic heterocycles. The van der Waals surface area contributed by atoms with Crippen LogP contribution in [0.4, 0.5) is 0 Å². The van der Waals surface area contributed by atoms with Crippen molar-refractivity contribution < 1.29 is 19.2 Å². The quantitative estimate of drug-likeness (QED) is 0.302. The highest BCUT2D eigenvalue weighted by Gasteiger charge is 2.35. The summed E-state index contributed by atoms with van der Waals surface area (Å²) in [6.07, 6.45) is 0.603. The zero-order valence-electron chi connectivity index (χ0n) is 22.4. The summed E-state index contributed by atoms with van der Waals surface area (Å²) in [4.78, 5) is 55.5. The van der Waals surface area contributed by atoms with Crippen LogP contribution in [0.2, 0.25) is 10.0 Å². The molecule has 208 valence electrons. The summed E-state index contributed by atoms with van der Waals surface area (Å²) in [7, 11) is 0. The first-order valence-corrected chi connectivity index (χ1v) is 13.9. The predicted molar refractivity (Wildman–Crippen MR) is 155 cm³/mol. The molecule has 0 bridgehead atoms. The lowest BCUT2D eigenvalue weighted by Gasteiger charge is -2.32. The number of rotatable bonds is 11. The number of fused-ring (bicyclic) bond motifs is 1. The summed E-state index contributed by atoms with van der Waals surface area (Å²) in [5, 5.41) is 3.69. The smallest absolute Gasteiger partial charge is 0.261 e. The summed E-state index contributed by atoms with van der Waals surface area (Å²) in [5.74, 6) is -1.27. The van der Waals surface area contributed by atoms with E-state index < -0.39 is 6.04 Å². The van der Waals surface area contributed by atoms with Crippen LogP contribution in [0.5, 0.6) is 0 Å². The Balaban J connectivity index is 1.56. The van der Waals surface area contributed by atoms with Crippen molar-refractivity contribution in [2.75, 3.05) is 6.54 Å². The molecule has 0 saturated carbocycles. The Labute approximate surface area is 244 Å². The van der Waals surface area contributed by atoms with E-state index >= 15 is 0 Å². The molecule has 40 heavy (non-hydrogen) atoms. The van der Waals surface area contributed by atoms with Crippen molar-refractivity contribution in [1.29, 1.82) is 0 Å². The van der Waals surface area contributed by atoms with Gasteiger partial charge in [-0.1, -0.05) is 71.7 Å². The molecule has 0 radical (unpaired) electrons. The minimum Gasteiger partial charge on any atom is -0.352 e. The van der Waals surface area contributed by atoms with Gasteiger partial charge in [0.2, 0.25) is 11.8 Å². The summed E-state index contributed by atoms with van der Waals surface area (Å²) in [6.45, 7) is 3.96. The van der Waals surface area contributed by atoms with Crippen LogP contribution in [0.15, 0.2) is 72.8 Å². The number of carbonyl (C=O) groups excluding carboxylic acids is 4. The fraction of sp³-hybridized carbons (Fsp3) is 0.290. The van der Waals surface area contributed by atoms with E-state index in [9.17, 15) is 19.2 Å². The number of amides is 4. The van der Waals surface area contributed by atoms with Crippen molar-refractivity contribution >= 4 is 46.8 Å². The van der Waals surface area contributed by atoms with E-state index in [1.165, 1.54) is 4.90 Å². The fourth-order valence-corrected chi connectivity index (χ4v) is 5.06. The van der Waals surface area contributed by atoms with E-state index in [1.54, 1.807) is 47.4 Å². The van der Waals surface area contributed by atoms with Gasteiger partial charge in [-0.2, -0.15) is 0 Å². The van der Waals surface area contributed by atoms with Gasteiger partial charge in [-0.05, 0) is 55.7 Å². The molecule has 3 aromatic carbocycles. The van der Waals surface area contributed by atoms with Crippen LogP contribution >= 0.6 is 23.2 Å². The van der Waals surface area contributed by atoms with Gasteiger partial charge in [0.1, 0.15) is 6.04 Å². The molecule has 7 nitrogen and oxygen atoms in total. The molecule has 0 spiro atoms. The van der Waals surface area contributed by atoms with E-state index in [2.05, 4.69) is 5.32 Å². The fourth-order valence-electron chi connectivity index (χ4n) is 4.74. The molecule has 1 N–H and O–H groups in total. The average molecular weight is 581 g/mol. The highest BCUT2D eigenvalue weighted by Crippen LogP contribution is 2.26. The van der Waals surface area contributed by atoms with Gasteiger partial charge in [0.25, 0.3) is 11.8 Å². The lowest BCUT2D eigenvalue weighted by Crippen LogP contribution is -2.51. The van der Waals surface area contributed by atoms with Crippen LogP contribution in [0, 0.1) is 0 Å². The Hall–Kier alpha value is -3.68. The summed E-state index contributed by atoms with van der Waals surface area (Å²) < 4.78 is 0. The molecule has 0 fully saturated rings. The molecule has 1 heterocycles. The highest BCUT2D eigenvalue weighted by molar-refractivity contribution is 6.42. The maximum absolute atomic E-state index is 13.8. The van der Waals surface area contributed by atoms with Crippen LogP contribution in [-0.4, -0.2) is 52.1 Å². The molecular weight excluding hydrogens is 549 g/mol. The number of benzene rings is 3. The molecule has 1 aliphatic rings. The Morgan fingerprint density at radius 2 is 1.48 bits per heavy atom. The third-order valence-electron chi connectivity index (χ3n) is 6.69. The molecule has 4 amide bonds. The first kappa shape index (κ1) is 29.3. The van der Waals surface area contributed by atoms with Gasteiger partial charge in [0, 0.05) is 32.0 Å². The van der Waals surface area contributed by atoms with Crippen molar-refractivity contribution in [2.24, 2.45) is 0 Å². The monoisotopic (exact) mass is 579 g/mol. The standard InChI is InChI=1S/C31H31Cl2N3O4/c1-20(2)34-29(38)27(18-21-9-4-3-5-10-21)36(19-22-14-15-25(32)26(33)17-22)28(37)13-8-16-35-30(39)23-11-6-7-12-24(23)31(35)40/h3-7,9-12,14-15,17,20,27H,8,13,16,18-19H2,1-2H3,(H,34,38)/t27-/m0/s1. The number of nitrogens with zero attached hydrogens (tertiary/aromatic N) is 2. The zero-order chi connectivity index (χ0) is 28.8. The summed E-state index contributed by atoms with van der Waals surface area (Å²) >= 11 is 12.4. The van der Waals surface area contributed by atoms with Crippen LogP contribution in [0.25, 0.3) is 0 Å². The molecule has 0 aromatic heterocycles. The SMILES string of the molecule is CC(C)NC(=O)[C@H](Cc1ccccc1)N(Cc1ccc(Cl)c(Cl)c1)C(=O)CCCN1C(=O)c2ccccc2C1=O. The lowest BCUT2D eigenvalue weighted by molar-refractivity contribution is -0.141. The topological polar surface area (TPSA) is 86.8 Å². The number of nitrogens with one attached hydrogen (secondary N) is 1. The van der Waals surface area contributed by atoms with E-state index in [0.29, 0.717) is 27.6 Å². The minimum absolute atomic E-state index is 0.0367. The summed E-state index contributed by atoms with van der Waals surface area (Å²) in [5.41, 5.74) is 2.37. The number of hydrogen-bond donors (Lipinski definition) is 1. The Morgan fingerprint density at radius 3 is 2.08 bits per heavy atom. The zero-order valence-corrected chi connectivity index (χ0v) is 23.9. The van der Waals surface area contributed by atoms with Gasteiger partial charge >= 0.3 is 0 Å². The Kier molecular flexibility index (Phi) is 9.61. The second kappa shape index (κ2) is 13.1. The number of carbonyl (C=O) groups is 4. The molecule has 0 aliphatic carbocycles. The normalized spacial score (nSPS) is 13.4. The van der Waals surface area contributed by atoms with Gasteiger partial charge in [-0.15, -0.1) is 0 Å². The molecule has 0 saturated heterocycles. The average Bonchev–Trinajstić information content (AvgIpc) is 3.17. The highest BCUT2D eigenvalue weighted by atomic mass is 35.5. The number of imide groups is 1. The first-order chi connectivity index (χ1) is 19.2. The Bertz CT molecular complexity index is 1380. The van der Waals surface area contributed by atoms with Crippen LogP contribution < -0.4 is 5.32 Å². The Morgan fingerprint density at radius 1 is 0.850 bits per heavy atom. The van der Waals surface area contributed by atoms with Gasteiger partial charge in [0.15, 0.2) is 0 Å². The first-order valence-electron chi connectivity index (χ1n) is 13.2. The van der Waals surface area contributed by atoms with Crippen molar-refractivity contribution in [2.45, 2.75) is 51.7 Å². The third-order valence-corrected chi connectivity index (χ3v) is 7.43.